The molecule has 0 saturated heterocycles. The summed E-state index contributed by atoms with van der Waals surface area (Å²) in [5.41, 5.74) is 5.67. The zero-order valence-electron chi connectivity index (χ0n) is 18.5. The molecule has 0 aliphatic carbocycles. The first-order valence-electron chi connectivity index (χ1n) is 11.1. The van der Waals surface area contributed by atoms with E-state index in [1.54, 1.807) is 0 Å². The SMILES string of the molecule is C(#Cc1cc(C#Cc2ccccc2)c2ccccc2c1C#Cc1ccccc1)c1ccccc1. The molecule has 0 nitrogen and oxygen atoms in total. The van der Waals surface area contributed by atoms with Gasteiger partial charge in [0.2, 0.25) is 0 Å². The summed E-state index contributed by atoms with van der Waals surface area (Å²) in [6.07, 6.45) is 0. The summed E-state index contributed by atoms with van der Waals surface area (Å²) in [6, 6.07) is 40.5. The van der Waals surface area contributed by atoms with Crippen LogP contribution in [0.25, 0.3) is 10.8 Å². The minimum Gasteiger partial charge on any atom is -0.0622 e. The Labute approximate surface area is 200 Å². The van der Waals surface area contributed by atoms with Gasteiger partial charge in [0.05, 0.1) is 0 Å². The van der Waals surface area contributed by atoms with Crippen molar-refractivity contribution in [2.24, 2.45) is 0 Å². The minimum atomic E-state index is 0.878. The van der Waals surface area contributed by atoms with Crippen molar-refractivity contribution in [1.82, 2.24) is 0 Å². The van der Waals surface area contributed by atoms with Crippen LogP contribution in [0.5, 0.6) is 0 Å². The number of hydrogen-bond acceptors (Lipinski definition) is 0. The predicted octanol–water partition coefficient (Wildman–Crippen LogP) is 7.04. The Morgan fingerprint density at radius 3 is 1.26 bits per heavy atom. The molecule has 34 heavy (non-hydrogen) atoms. The van der Waals surface area contributed by atoms with E-state index in [9.17, 15) is 0 Å². The summed E-state index contributed by atoms with van der Waals surface area (Å²) in [5, 5.41) is 2.14. The molecule has 0 aliphatic heterocycles. The normalized spacial score (nSPS) is 9.65. The summed E-state index contributed by atoms with van der Waals surface area (Å²) in [5.74, 6) is 20.1. The maximum atomic E-state index is 3.41. The second kappa shape index (κ2) is 10.1. The van der Waals surface area contributed by atoms with E-state index in [1.165, 1.54) is 0 Å². The number of hydrogen-bond donors (Lipinski definition) is 0. The van der Waals surface area contributed by atoms with Crippen molar-refractivity contribution in [3.63, 3.8) is 0 Å². The van der Waals surface area contributed by atoms with Gasteiger partial charge in [0, 0.05) is 33.4 Å². The van der Waals surface area contributed by atoms with Crippen molar-refractivity contribution >= 4 is 10.8 Å². The first-order chi connectivity index (χ1) is 16.9. The van der Waals surface area contributed by atoms with E-state index < -0.39 is 0 Å². The van der Waals surface area contributed by atoms with Crippen LogP contribution >= 0.6 is 0 Å². The fourth-order valence-electron chi connectivity index (χ4n) is 3.69. The molecule has 5 aromatic carbocycles. The molecule has 0 saturated carbocycles. The van der Waals surface area contributed by atoms with E-state index in [-0.39, 0.29) is 0 Å². The number of rotatable bonds is 0. The molecule has 0 spiro atoms. The molecule has 0 fully saturated rings. The highest BCUT2D eigenvalue weighted by Gasteiger charge is 2.09. The molecule has 0 heterocycles. The molecule has 0 aliphatic rings. The molecule has 0 N–H and O–H groups in total. The van der Waals surface area contributed by atoms with Gasteiger partial charge in [0.1, 0.15) is 0 Å². The highest BCUT2D eigenvalue weighted by atomic mass is 14.1. The van der Waals surface area contributed by atoms with Crippen LogP contribution in [0.4, 0.5) is 0 Å². The van der Waals surface area contributed by atoms with E-state index >= 15 is 0 Å². The summed E-state index contributed by atoms with van der Waals surface area (Å²) in [7, 11) is 0. The van der Waals surface area contributed by atoms with E-state index in [2.05, 4.69) is 53.7 Å². The quantitative estimate of drug-likeness (QED) is 0.232. The van der Waals surface area contributed by atoms with Crippen LogP contribution in [0.1, 0.15) is 33.4 Å². The van der Waals surface area contributed by atoms with Crippen LogP contribution in [0.15, 0.2) is 121 Å². The second-order valence-electron chi connectivity index (χ2n) is 7.74. The lowest BCUT2D eigenvalue weighted by Gasteiger charge is -2.07. The first-order valence-corrected chi connectivity index (χ1v) is 11.1. The van der Waals surface area contributed by atoms with Crippen molar-refractivity contribution in [3.8, 4) is 35.5 Å². The summed E-state index contributed by atoms with van der Waals surface area (Å²) in [6.45, 7) is 0. The lowest BCUT2D eigenvalue weighted by molar-refractivity contribution is 1.59. The topological polar surface area (TPSA) is 0 Å². The second-order valence-corrected chi connectivity index (χ2v) is 7.74. The Kier molecular flexibility index (Phi) is 6.22. The van der Waals surface area contributed by atoms with E-state index in [1.807, 2.05) is 103 Å². The Bertz CT molecular complexity index is 1620. The van der Waals surface area contributed by atoms with Gasteiger partial charge in [-0.05, 0) is 53.2 Å². The average Bonchev–Trinajstić information content (AvgIpc) is 2.91. The molecular formula is C34H20. The highest BCUT2D eigenvalue weighted by Crippen LogP contribution is 2.26. The van der Waals surface area contributed by atoms with Crippen molar-refractivity contribution in [2.75, 3.05) is 0 Å². The van der Waals surface area contributed by atoms with Gasteiger partial charge < -0.3 is 0 Å². The Hall–Kier alpha value is -4.96. The summed E-state index contributed by atoms with van der Waals surface area (Å²) < 4.78 is 0. The summed E-state index contributed by atoms with van der Waals surface area (Å²) >= 11 is 0. The zero-order chi connectivity index (χ0) is 23.0. The van der Waals surface area contributed by atoms with Crippen LogP contribution in [-0.2, 0) is 0 Å². The predicted molar refractivity (Wildman–Crippen MR) is 141 cm³/mol. The fourth-order valence-corrected chi connectivity index (χ4v) is 3.69. The average molecular weight is 429 g/mol. The third-order valence-corrected chi connectivity index (χ3v) is 5.38. The van der Waals surface area contributed by atoms with Gasteiger partial charge in [-0.2, -0.15) is 0 Å². The van der Waals surface area contributed by atoms with Gasteiger partial charge in [-0.3, -0.25) is 0 Å². The van der Waals surface area contributed by atoms with Crippen molar-refractivity contribution in [2.45, 2.75) is 0 Å². The Morgan fingerprint density at radius 1 is 0.324 bits per heavy atom. The molecule has 5 rings (SSSR count). The Morgan fingerprint density at radius 2 is 0.735 bits per heavy atom. The minimum absolute atomic E-state index is 0.878. The molecule has 0 radical (unpaired) electrons. The lowest BCUT2D eigenvalue weighted by atomic mass is 9.94. The first kappa shape index (κ1) is 20.9. The van der Waals surface area contributed by atoms with Gasteiger partial charge in [0.25, 0.3) is 0 Å². The largest absolute Gasteiger partial charge is 0.0622 e. The third kappa shape index (κ3) is 4.92. The lowest BCUT2D eigenvalue weighted by Crippen LogP contribution is -1.92. The van der Waals surface area contributed by atoms with E-state index in [0.29, 0.717) is 0 Å². The maximum Gasteiger partial charge on any atom is 0.0485 e. The van der Waals surface area contributed by atoms with E-state index in [0.717, 1.165) is 44.2 Å². The van der Waals surface area contributed by atoms with Crippen LogP contribution in [0.2, 0.25) is 0 Å². The molecule has 156 valence electrons. The molecule has 0 amide bonds. The monoisotopic (exact) mass is 428 g/mol. The molecule has 0 bridgehead atoms. The van der Waals surface area contributed by atoms with Gasteiger partial charge in [-0.15, -0.1) is 0 Å². The standard InChI is InChI=1S/C34H20/c1-4-12-27(13-5-1)20-23-30-26-31(24-21-28-14-6-2-7-15-28)33(34-19-11-10-18-32(30)34)25-22-29-16-8-3-9-17-29/h1-19,26H. The number of fused-ring (bicyclic) bond motifs is 1. The zero-order valence-corrected chi connectivity index (χ0v) is 18.5. The molecule has 5 aromatic rings. The van der Waals surface area contributed by atoms with Crippen molar-refractivity contribution < 1.29 is 0 Å². The van der Waals surface area contributed by atoms with Gasteiger partial charge in [0.15, 0.2) is 0 Å². The maximum absolute atomic E-state index is 3.41. The molecule has 0 atom stereocenters. The summed E-state index contributed by atoms with van der Waals surface area (Å²) in [4.78, 5) is 0. The highest BCUT2D eigenvalue weighted by molar-refractivity contribution is 5.95. The molecular weight excluding hydrogens is 408 g/mol. The molecule has 0 unspecified atom stereocenters. The van der Waals surface area contributed by atoms with Crippen LogP contribution in [-0.4, -0.2) is 0 Å². The number of benzene rings is 5. The Balaban J connectivity index is 1.71. The van der Waals surface area contributed by atoms with Gasteiger partial charge in [-0.1, -0.05) is 114 Å². The van der Waals surface area contributed by atoms with Crippen molar-refractivity contribution in [1.29, 1.82) is 0 Å². The van der Waals surface area contributed by atoms with Crippen molar-refractivity contribution in [3.05, 3.63) is 155 Å². The van der Waals surface area contributed by atoms with Gasteiger partial charge in [-0.25, -0.2) is 0 Å². The smallest absolute Gasteiger partial charge is 0.0485 e. The fraction of sp³-hybridized carbons (Fsp3) is 0. The third-order valence-electron chi connectivity index (χ3n) is 5.38. The van der Waals surface area contributed by atoms with E-state index in [4.69, 9.17) is 0 Å². The van der Waals surface area contributed by atoms with Crippen LogP contribution < -0.4 is 0 Å². The van der Waals surface area contributed by atoms with Crippen LogP contribution in [0.3, 0.4) is 0 Å². The van der Waals surface area contributed by atoms with Crippen LogP contribution in [0, 0.1) is 35.5 Å². The van der Waals surface area contributed by atoms with Gasteiger partial charge >= 0.3 is 0 Å². The molecule has 0 aromatic heterocycles. The molecule has 0 heteroatoms.